The van der Waals surface area contributed by atoms with Gasteiger partial charge in [0, 0.05) is 12.5 Å². The second-order valence-corrected chi connectivity index (χ2v) is 6.29. The topological polar surface area (TPSA) is 64.3 Å². The van der Waals surface area contributed by atoms with Crippen LogP contribution in [0.1, 0.15) is 52.4 Å². The van der Waals surface area contributed by atoms with Gasteiger partial charge in [-0.25, -0.2) is 0 Å². The van der Waals surface area contributed by atoms with Crippen molar-refractivity contribution in [1.82, 2.24) is 5.32 Å². The van der Waals surface area contributed by atoms with E-state index in [0.717, 1.165) is 25.7 Å². The van der Waals surface area contributed by atoms with Crippen molar-refractivity contribution in [3.8, 4) is 0 Å². The number of ether oxygens (including phenoxy) is 1. The van der Waals surface area contributed by atoms with Gasteiger partial charge in [0.15, 0.2) is 0 Å². The van der Waals surface area contributed by atoms with E-state index in [1.54, 1.807) is 7.11 Å². The molecule has 0 aromatic carbocycles. The van der Waals surface area contributed by atoms with Crippen LogP contribution < -0.4 is 11.1 Å². The van der Waals surface area contributed by atoms with Gasteiger partial charge in [0.1, 0.15) is 0 Å². The van der Waals surface area contributed by atoms with Gasteiger partial charge in [0.2, 0.25) is 5.91 Å². The van der Waals surface area contributed by atoms with Crippen LogP contribution in [0.15, 0.2) is 0 Å². The van der Waals surface area contributed by atoms with Crippen LogP contribution in [0, 0.1) is 11.3 Å². The van der Waals surface area contributed by atoms with Crippen LogP contribution in [0.2, 0.25) is 0 Å². The summed E-state index contributed by atoms with van der Waals surface area (Å²) in [5.74, 6) is 0.772. The fourth-order valence-electron chi connectivity index (χ4n) is 3.30. The Kier molecular flexibility index (Phi) is 6.80. The fraction of sp³-hybridized carbons (Fsp3) is 0.933. The molecular formula is C15H30N2O2. The Morgan fingerprint density at radius 2 is 2.00 bits per heavy atom. The lowest BCUT2D eigenvalue weighted by atomic mass is 9.77. The van der Waals surface area contributed by atoms with Gasteiger partial charge >= 0.3 is 0 Å². The van der Waals surface area contributed by atoms with Gasteiger partial charge in [-0.3, -0.25) is 4.79 Å². The predicted molar refractivity (Wildman–Crippen MR) is 77.8 cm³/mol. The number of nitrogens with two attached hydrogens (primary N) is 1. The van der Waals surface area contributed by atoms with Crippen molar-refractivity contribution in [2.24, 2.45) is 17.1 Å². The van der Waals surface area contributed by atoms with Crippen LogP contribution in [0.3, 0.4) is 0 Å². The van der Waals surface area contributed by atoms with Crippen LogP contribution in [0.25, 0.3) is 0 Å². The molecular weight excluding hydrogens is 240 g/mol. The molecule has 1 atom stereocenters. The van der Waals surface area contributed by atoms with Gasteiger partial charge in [-0.05, 0) is 38.1 Å². The number of hydrogen-bond donors (Lipinski definition) is 2. The van der Waals surface area contributed by atoms with E-state index < -0.39 is 0 Å². The van der Waals surface area contributed by atoms with Gasteiger partial charge < -0.3 is 15.8 Å². The minimum atomic E-state index is -0.144. The molecule has 1 unspecified atom stereocenters. The quantitative estimate of drug-likeness (QED) is 0.709. The first-order valence-electron chi connectivity index (χ1n) is 7.54. The lowest BCUT2D eigenvalue weighted by Crippen LogP contribution is -2.47. The van der Waals surface area contributed by atoms with E-state index in [1.165, 1.54) is 12.8 Å². The lowest BCUT2D eigenvalue weighted by molar-refractivity contribution is -0.133. The predicted octanol–water partition coefficient (Wildman–Crippen LogP) is 2.07. The molecule has 0 spiro atoms. The molecule has 1 aliphatic rings. The van der Waals surface area contributed by atoms with E-state index in [2.05, 4.69) is 19.2 Å². The third kappa shape index (κ3) is 4.77. The van der Waals surface area contributed by atoms with Crippen LogP contribution >= 0.6 is 0 Å². The number of rotatable bonds is 8. The molecule has 4 heteroatoms. The summed E-state index contributed by atoms with van der Waals surface area (Å²) in [5, 5.41) is 3.16. The average Bonchev–Trinajstić information content (AvgIpc) is 2.78. The Balaban J connectivity index is 2.65. The third-order valence-electron chi connectivity index (χ3n) is 4.06. The summed E-state index contributed by atoms with van der Waals surface area (Å²) >= 11 is 0. The first-order valence-corrected chi connectivity index (χ1v) is 7.54. The molecule has 112 valence electrons. The van der Waals surface area contributed by atoms with Gasteiger partial charge in [-0.15, -0.1) is 0 Å². The fourth-order valence-corrected chi connectivity index (χ4v) is 3.30. The SMILES string of the molecule is COCC(CCN)NC(=O)C1(CC(C)C)CCCC1. The second-order valence-electron chi connectivity index (χ2n) is 6.29. The van der Waals surface area contributed by atoms with Crippen molar-refractivity contribution in [1.29, 1.82) is 0 Å². The van der Waals surface area contributed by atoms with Crippen LogP contribution in [0.4, 0.5) is 0 Å². The molecule has 1 fully saturated rings. The number of nitrogens with one attached hydrogen (secondary N) is 1. The number of methoxy groups -OCH3 is 1. The monoisotopic (exact) mass is 270 g/mol. The molecule has 4 nitrogen and oxygen atoms in total. The summed E-state index contributed by atoms with van der Waals surface area (Å²) in [6.07, 6.45) is 6.16. The molecule has 1 amide bonds. The summed E-state index contributed by atoms with van der Waals surface area (Å²) in [6.45, 7) is 5.51. The Hall–Kier alpha value is -0.610. The molecule has 1 aliphatic carbocycles. The highest BCUT2D eigenvalue weighted by molar-refractivity contribution is 5.83. The van der Waals surface area contributed by atoms with Gasteiger partial charge in [-0.1, -0.05) is 26.7 Å². The summed E-state index contributed by atoms with van der Waals surface area (Å²) in [7, 11) is 1.66. The molecule has 0 heterocycles. The Morgan fingerprint density at radius 3 is 2.47 bits per heavy atom. The highest BCUT2D eigenvalue weighted by Crippen LogP contribution is 2.43. The Labute approximate surface area is 117 Å². The maximum atomic E-state index is 12.7. The van der Waals surface area contributed by atoms with Gasteiger partial charge in [0.05, 0.1) is 12.6 Å². The van der Waals surface area contributed by atoms with Crippen LogP contribution in [-0.2, 0) is 9.53 Å². The first-order chi connectivity index (χ1) is 9.04. The molecule has 0 aliphatic heterocycles. The molecule has 1 saturated carbocycles. The minimum Gasteiger partial charge on any atom is -0.383 e. The number of carbonyl (C=O) groups is 1. The normalized spacial score (nSPS) is 19.6. The van der Waals surface area contributed by atoms with Crippen molar-refractivity contribution >= 4 is 5.91 Å². The van der Waals surface area contributed by atoms with Crippen molar-refractivity contribution in [2.45, 2.75) is 58.4 Å². The van der Waals surface area contributed by atoms with E-state index in [4.69, 9.17) is 10.5 Å². The van der Waals surface area contributed by atoms with Crippen molar-refractivity contribution in [3.63, 3.8) is 0 Å². The van der Waals surface area contributed by atoms with Gasteiger partial charge in [0.25, 0.3) is 0 Å². The molecule has 0 bridgehead atoms. The average molecular weight is 270 g/mol. The van der Waals surface area contributed by atoms with E-state index in [-0.39, 0.29) is 17.4 Å². The van der Waals surface area contributed by atoms with E-state index >= 15 is 0 Å². The summed E-state index contributed by atoms with van der Waals surface area (Å²) in [6, 6.07) is 0.0483. The molecule has 0 radical (unpaired) electrons. The highest BCUT2D eigenvalue weighted by Gasteiger charge is 2.41. The van der Waals surface area contributed by atoms with Crippen LogP contribution in [0.5, 0.6) is 0 Å². The smallest absolute Gasteiger partial charge is 0.226 e. The van der Waals surface area contributed by atoms with E-state index in [9.17, 15) is 4.79 Å². The van der Waals surface area contributed by atoms with E-state index in [1.807, 2.05) is 0 Å². The standard InChI is InChI=1S/C15H30N2O2/c1-12(2)10-15(7-4-5-8-15)14(18)17-13(6-9-16)11-19-3/h12-13H,4-11,16H2,1-3H3,(H,17,18). The molecule has 0 aromatic rings. The van der Waals surface area contributed by atoms with Crippen molar-refractivity contribution in [3.05, 3.63) is 0 Å². The van der Waals surface area contributed by atoms with Crippen molar-refractivity contribution in [2.75, 3.05) is 20.3 Å². The molecule has 3 N–H and O–H groups in total. The molecule has 0 saturated heterocycles. The zero-order chi connectivity index (χ0) is 14.3. The minimum absolute atomic E-state index is 0.0483. The number of hydrogen-bond acceptors (Lipinski definition) is 3. The highest BCUT2D eigenvalue weighted by atomic mass is 16.5. The van der Waals surface area contributed by atoms with Crippen molar-refractivity contribution < 1.29 is 9.53 Å². The van der Waals surface area contributed by atoms with E-state index in [0.29, 0.717) is 19.1 Å². The number of carbonyl (C=O) groups excluding carboxylic acids is 1. The zero-order valence-corrected chi connectivity index (χ0v) is 12.7. The Bertz CT molecular complexity index is 267. The maximum absolute atomic E-state index is 12.7. The molecule has 19 heavy (non-hydrogen) atoms. The Morgan fingerprint density at radius 1 is 1.37 bits per heavy atom. The molecule has 1 rings (SSSR count). The summed E-state index contributed by atoms with van der Waals surface area (Å²) < 4.78 is 5.16. The second kappa shape index (κ2) is 7.85. The van der Waals surface area contributed by atoms with Crippen LogP contribution in [-0.4, -0.2) is 32.2 Å². The molecule has 0 aromatic heterocycles. The summed E-state index contributed by atoms with van der Waals surface area (Å²) in [5.41, 5.74) is 5.45. The third-order valence-corrected chi connectivity index (χ3v) is 4.06. The first kappa shape index (κ1) is 16.4. The number of amides is 1. The zero-order valence-electron chi connectivity index (χ0n) is 12.7. The largest absolute Gasteiger partial charge is 0.383 e. The van der Waals surface area contributed by atoms with Gasteiger partial charge in [-0.2, -0.15) is 0 Å². The summed E-state index contributed by atoms with van der Waals surface area (Å²) in [4.78, 5) is 12.7. The lowest BCUT2D eigenvalue weighted by Gasteiger charge is -2.31. The maximum Gasteiger partial charge on any atom is 0.226 e.